The molecule has 0 unspecified atom stereocenters. The average Bonchev–Trinajstić information content (AvgIpc) is 3.08. The molecular weight excluding hydrogens is 364 g/mol. The Morgan fingerprint density at radius 3 is 2.59 bits per heavy atom. The molecule has 8 heteroatoms. The maximum atomic E-state index is 12.0. The molecule has 27 heavy (non-hydrogen) atoms. The zero-order chi connectivity index (χ0) is 19.4. The molecule has 3 aromatic rings. The van der Waals surface area contributed by atoms with Gasteiger partial charge in [-0.1, -0.05) is 41.9 Å². The second kappa shape index (κ2) is 8.18. The molecular formula is C19H21ClN6O. The van der Waals surface area contributed by atoms with Crippen LogP contribution in [-0.2, 0) is 17.9 Å². The van der Waals surface area contributed by atoms with Crippen LogP contribution in [0.5, 0.6) is 0 Å². The smallest absolute Gasteiger partial charge is 0.261 e. The van der Waals surface area contributed by atoms with Crippen LogP contribution in [0.1, 0.15) is 28.2 Å². The molecule has 0 saturated carbocycles. The Bertz CT molecular complexity index is 974. The van der Waals surface area contributed by atoms with Crippen molar-refractivity contribution in [2.24, 2.45) is 5.10 Å². The summed E-state index contributed by atoms with van der Waals surface area (Å²) in [5, 5.41) is 13.2. The standard InChI is InChI=1S/C19H21ClN6O/c1-13-9-14(2)25(23-13)12-18(27)22-21-10-17-15(3)24-26(19(17)20)11-16-7-5-4-6-8-16/h4-10H,11-12H2,1-3H3,(H,22,27)/b21-10+. The Labute approximate surface area is 162 Å². The molecule has 2 aromatic heterocycles. The van der Waals surface area contributed by atoms with Crippen molar-refractivity contribution in [3.63, 3.8) is 0 Å². The lowest BCUT2D eigenvalue weighted by molar-refractivity contribution is -0.121. The minimum Gasteiger partial charge on any atom is -0.271 e. The number of carbonyl (C=O) groups excluding carboxylic acids is 1. The average molecular weight is 385 g/mol. The Morgan fingerprint density at radius 1 is 1.19 bits per heavy atom. The van der Waals surface area contributed by atoms with E-state index in [0.717, 1.165) is 22.6 Å². The van der Waals surface area contributed by atoms with Gasteiger partial charge in [-0.05, 0) is 32.4 Å². The van der Waals surface area contributed by atoms with Crippen molar-refractivity contribution in [2.75, 3.05) is 0 Å². The minimum atomic E-state index is -0.261. The first-order valence-corrected chi connectivity index (χ1v) is 8.91. The summed E-state index contributed by atoms with van der Waals surface area (Å²) in [5.41, 5.74) is 6.82. The Morgan fingerprint density at radius 2 is 1.93 bits per heavy atom. The number of nitrogens with one attached hydrogen (secondary N) is 1. The highest BCUT2D eigenvalue weighted by molar-refractivity contribution is 6.32. The van der Waals surface area contributed by atoms with Crippen molar-refractivity contribution in [1.82, 2.24) is 25.0 Å². The maximum absolute atomic E-state index is 12.0. The molecule has 1 amide bonds. The van der Waals surface area contributed by atoms with E-state index in [1.165, 1.54) is 6.21 Å². The number of aryl methyl sites for hydroxylation is 3. The molecule has 0 fully saturated rings. The van der Waals surface area contributed by atoms with E-state index >= 15 is 0 Å². The molecule has 0 radical (unpaired) electrons. The molecule has 0 saturated heterocycles. The van der Waals surface area contributed by atoms with E-state index < -0.39 is 0 Å². The van der Waals surface area contributed by atoms with Crippen LogP contribution in [-0.4, -0.2) is 31.7 Å². The first-order chi connectivity index (χ1) is 12.9. The number of nitrogens with zero attached hydrogens (tertiary/aromatic N) is 5. The summed E-state index contributed by atoms with van der Waals surface area (Å²) in [4.78, 5) is 12.0. The highest BCUT2D eigenvalue weighted by Gasteiger charge is 2.12. The van der Waals surface area contributed by atoms with Crippen molar-refractivity contribution in [3.05, 3.63) is 69.8 Å². The van der Waals surface area contributed by atoms with E-state index in [2.05, 4.69) is 20.7 Å². The van der Waals surface area contributed by atoms with Crippen LogP contribution >= 0.6 is 11.6 Å². The lowest BCUT2D eigenvalue weighted by Gasteiger charge is -2.03. The summed E-state index contributed by atoms with van der Waals surface area (Å²) >= 11 is 6.43. The normalized spacial score (nSPS) is 11.3. The first kappa shape index (κ1) is 18.8. The van der Waals surface area contributed by atoms with Crippen molar-refractivity contribution in [3.8, 4) is 0 Å². The molecule has 0 aliphatic heterocycles. The Kier molecular flexibility index (Phi) is 5.71. The van der Waals surface area contributed by atoms with Crippen LogP contribution in [0.15, 0.2) is 41.5 Å². The van der Waals surface area contributed by atoms with Gasteiger partial charge in [0.2, 0.25) is 0 Å². The second-order valence-corrected chi connectivity index (χ2v) is 6.67. The molecule has 7 nitrogen and oxygen atoms in total. The van der Waals surface area contributed by atoms with Gasteiger partial charge in [0.25, 0.3) is 5.91 Å². The van der Waals surface area contributed by atoms with Crippen LogP contribution in [0.2, 0.25) is 5.15 Å². The van der Waals surface area contributed by atoms with Gasteiger partial charge in [0.05, 0.1) is 29.7 Å². The predicted molar refractivity (Wildman–Crippen MR) is 105 cm³/mol. The zero-order valence-corrected chi connectivity index (χ0v) is 16.2. The van der Waals surface area contributed by atoms with Gasteiger partial charge in [-0.25, -0.2) is 10.1 Å². The van der Waals surface area contributed by atoms with Crippen LogP contribution in [0.4, 0.5) is 0 Å². The third-order valence-corrected chi connectivity index (χ3v) is 4.46. The largest absolute Gasteiger partial charge is 0.271 e. The highest BCUT2D eigenvalue weighted by atomic mass is 35.5. The fourth-order valence-corrected chi connectivity index (χ4v) is 3.03. The lowest BCUT2D eigenvalue weighted by atomic mass is 10.2. The van der Waals surface area contributed by atoms with Crippen molar-refractivity contribution in [1.29, 1.82) is 0 Å². The van der Waals surface area contributed by atoms with Crippen molar-refractivity contribution < 1.29 is 4.79 Å². The fourth-order valence-electron chi connectivity index (χ4n) is 2.75. The summed E-state index contributed by atoms with van der Waals surface area (Å²) in [6.45, 7) is 6.32. The number of rotatable bonds is 6. The number of carbonyl (C=O) groups is 1. The van der Waals surface area contributed by atoms with Gasteiger partial charge in [0.15, 0.2) is 0 Å². The van der Waals surface area contributed by atoms with Crippen molar-refractivity contribution >= 4 is 23.7 Å². The van der Waals surface area contributed by atoms with Gasteiger partial charge in [-0.2, -0.15) is 15.3 Å². The number of hydrazone groups is 1. The molecule has 0 bridgehead atoms. The zero-order valence-electron chi connectivity index (χ0n) is 15.5. The molecule has 0 aliphatic rings. The van der Waals surface area contributed by atoms with Gasteiger partial charge in [-0.15, -0.1) is 0 Å². The summed E-state index contributed by atoms with van der Waals surface area (Å²) in [7, 11) is 0. The highest BCUT2D eigenvalue weighted by Crippen LogP contribution is 2.19. The van der Waals surface area contributed by atoms with E-state index in [-0.39, 0.29) is 12.5 Å². The maximum Gasteiger partial charge on any atom is 0.261 e. The van der Waals surface area contributed by atoms with Gasteiger partial charge in [0, 0.05) is 5.69 Å². The lowest BCUT2D eigenvalue weighted by Crippen LogP contribution is -2.24. The van der Waals surface area contributed by atoms with E-state index in [1.807, 2.05) is 57.2 Å². The Balaban J connectivity index is 1.65. The molecule has 0 spiro atoms. The predicted octanol–water partition coefficient (Wildman–Crippen LogP) is 2.86. The quantitative estimate of drug-likeness (QED) is 0.524. The number of aromatic nitrogens is 4. The topological polar surface area (TPSA) is 77.1 Å². The van der Waals surface area contributed by atoms with Crippen LogP contribution in [0, 0.1) is 20.8 Å². The molecule has 140 valence electrons. The van der Waals surface area contributed by atoms with Gasteiger partial charge < -0.3 is 0 Å². The third-order valence-electron chi connectivity index (χ3n) is 4.06. The molecule has 1 aromatic carbocycles. The summed E-state index contributed by atoms with van der Waals surface area (Å²) in [5.74, 6) is -0.261. The number of hydrogen-bond acceptors (Lipinski definition) is 4. The monoisotopic (exact) mass is 384 g/mol. The number of amides is 1. The molecule has 1 N–H and O–H groups in total. The van der Waals surface area contributed by atoms with E-state index in [0.29, 0.717) is 17.3 Å². The molecule has 2 heterocycles. The van der Waals surface area contributed by atoms with E-state index in [4.69, 9.17) is 11.6 Å². The molecule has 3 rings (SSSR count). The summed E-state index contributed by atoms with van der Waals surface area (Å²) in [6.07, 6.45) is 1.52. The number of halogens is 1. The molecule has 0 aliphatic carbocycles. The third kappa shape index (κ3) is 4.62. The first-order valence-electron chi connectivity index (χ1n) is 8.54. The van der Waals surface area contributed by atoms with Crippen LogP contribution < -0.4 is 5.43 Å². The Hall–Kier alpha value is -2.93. The van der Waals surface area contributed by atoms with Gasteiger partial charge >= 0.3 is 0 Å². The van der Waals surface area contributed by atoms with Gasteiger partial charge in [0.1, 0.15) is 11.7 Å². The SMILES string of the molecule is Cc1cc(C)n(CC(=O)N/N=C/c2c(C)nn(Cc3ccccc3)c2Cl)n1. The van der Waals surface area contributed by atoms with E-state index in [1.54, 1.807) is 9.36 Å². The van der Waals surface area contributed by atoms with Crippen molar-refractivity contribution in [2.45, 2.75) is 33.9 Å². The van der Waals surface area contributed by atoms with Crippen LogP contribution in [0.25, 0.3) is 0 Å². The summed E-state index contributed by atoms with van der Waals surface area (Å²) < 4.78 is 3.35. The minimum absolute atomic E-state index is 0.108. The van der Waals surface area contributed by atoms with Gasteiger partial charge in [-0.3, -0.25) is 9.48 Å². The van der Waals surface area contributed by atoms with E-state index in [9.17, 15) is 4.79 Å². The summed E-state index contributed by atoms with van der Waals surface area (Å²) in [6, 6.07) is 11.9. The molecule has 0 atom stereocenters. The number of benzene rings is 1. The van der Waals surface area contributed by atoms with Crippen LogP contribution in [0.3, 0.4) is 0 Å². The fraction of sp³-hybridized carbons (Fsp3) is 0.263. The second-order valence-electron chi connectivity index (χ2n) is 6.31. The number of hydrogen-bond donors (Lipinski definition) is 1.